The Balaban J connectivity index is 1.64. The zero-order valence-electron chi connectivity index (χ0n) is 19.1. The summed E-state index contributed by atoms with van der Waals surface area (Å²) in [4.78, 5) is 0. The van der Waals surface area contributed by atoms with Crippen LogP contribution in [0.2, 0.25) is 0 Å². The molecule has 0 saturated heterocycles. The number of hydrogen-bond donors (Lipinski definition) is 0. The van der Waals surface area contributed by atoms with Crippen molar-refractivity contribution >= 4 is 23.8 Å². The Bertz CT molecular complexity index is 1530. The maximum atomic E-state index is 7.06. The molecule has 1 unspecified atom stereocenters. The molecule has 0 saturated carbocycles. The molecule has 1 spiro atoms. The monoisotopic (exact) mass is 444 g/mol. The first-order chi connectivity index (χ1) is 16.6. The van der Waals surface area contributed by atoms with Gasteiger partial charge < -0.3 is 9.47 Å². The Kier molecular flexibility index (Phi) is 3.79. The normalized spacial score (nSPS) is 20.6. The van der Waals surface area contributed by atoms with Gasteiger partial charge in [0.2, 0.25) is 11.4 Å². The molecular formula is C30H24N2O2+2. The lowest BCUT2D eigenvalue weighted by Crippen LogP contribution is -2.62. The number of para-hydroxylation sites is 3. The number of benzene rings is 4. The number of rotatable bonds is 1. The second-order valence-corrected chi connectivity index (χ2v) is 9.52. The molecule has 34 heavy (non-hydrogen) atoms. The van der Waals surface area contributed by atoms with E-state index >= 15 is 0 Å². The predicted molar refractivity (Wildman–Crippen MR) is 132 cm³/mol. The van der Waals surface area contributed by atoms with Gasteiger partial charge in [0.1, 0.15) is 0 Å². The lowest BCUT2D eigenvalue weighted by atomic mass is 9.77. The summed E-state index contributed by atoms with van der Waals surface area (Å²) in [5.74, 6) is 1.63. The fourth-order valence-electron chi connectivity index (χ4n) is 5.26. The highest BCUT2D eigenvalue weighted by molar-refractivity contribution is 5.84. The molecule has 3 aliphatic rings. The SMILES string of the molecule is CC1(C)c2cccc(c2)[N+]2=Cc3ccccc3OC23Oc2c(cccc21)C=[N+]3c1ccccc1. The minimum absolute atomic E-state index is 0.257. The molecule has 0 radical (unpaired) electrons. The van der Waals surface area contributed by atoms with Crippen LogP contribution in [0.5, 0.6) is 11.5 Å². The van der Waals surface area contributed by atoms with Crippen LogP contribution in [0.3, 0.4) is 0 Å². The van der Waals surface area contributed by atoms with E-state index in [1.165, 1.54) is 5.56 Å². The number of ether oxygens (including phenoxy) is 2. The summed E-state index contributed by atoms with van der Waals surface area (Å²) in [7, 11) is 0. The minimum atomic E-state index is -1.27. The largest absolute Gasteiger partial charge is 0.714 e. The summed E-state index contributed by atoms with van der Waals surface area (Å²) in [6, 6.07) is 32.2. The molecule has 164 valence electrons. The van der Waals surface area contributed by atoms with Crippen molar-refractivity contribution in [2.75, 3.05) is 0 Å². The summed E-state index contributed by atoms with van der Waals surface area (Å²) >= 11 is 0. The fourth-order valence-corrected chi connectivity index (χ4v) is 5.26. The van der Waals surface area contributed by atoms with Crippen LogP contribution in [0.1, 0.15) is 36.1 Å². The summed E-state index contributed by atoms with van der Waals surface area (Å²) in [6.07, 6.45) is 4.28. The third kappa shape index (κ3) is 2.54. The third-order valence-electron chi connectivity index (χ3n) is 7.14. The van der Waals surface area contributed by atoms with Gasteiger partial charge in [-0.2, -0.15) is 0 Å². The maximum absolute atomic E-state index is 7.06. The maximum Gasteiger partial charge on any atom is 0.714 e. The molecular weight excluding hydrogens is 420 g/mol. The number of fused-ring (bicyclic) bond motifs is 4. The van der Waals surface area contributed by atoms with E-state index in [1.54, 1.807) is 0 Å². The van der Waals surface area contributed by atoms with Gasteiger partial charge in [-0.3, -0.25) is 0 Å². The Hall–Kier alpha value is -4.18. The molecule has 0 fully saturated rings. The lowest BCUT2D eigenvalue weighted by molar-refractivity contribution is -0.855. The molecule has 0 aromatic heterocycles. The average Bonchev–Trinajstić information content (AvgIpc) is 2.89. The van der Waals surface area contributed by atoms with Gasteiger partial charge in [-0.05, 0) is 23.8 Å². The molecule has 4 aromatic rings. The first-order valence-electron chi connectivity index (χ1n) is 11.6. The van der Waals surface area contributed by atoms with Crippen molar-refractivity contribution in [1.29, 1.82) is 0 Å². The molecule has 4 aromatic carbocycles. The van der Waals surface area contributed by atoms with Gasteiger partial charge >= 0.3 is 6.03 Å². The van der Waals surface area contributed by atoms with E-state index < -0.39 is 6.03 Å². The Morgan fingerprint density at radius 1 is 0.618 bits per heavy atom. The quantitative estimate of drug-likeness (QED) is 0.339. The van der Waals surface area contributed by atoms with E-state index in [2.05, 4.69) is 96.1 Å². The number of hydrogen-bond acceptors (Lipinski definition) is 2. The summed E-state index contributed by atoms with van der Waals surface area (Å²) < 4.78 is 18.1. The summed E-state index contributed by atoms with van der Waals surface area (Å²) in [5, 5.41) is 0. The first kappa shape index (κ1) is 19.3. The highest BCUT2D eigenvalue weighted by Gasteiger charge is 2.67. The van der Waals surface area contributed by atoms with E-state index in [-0.39, 0.29) is 5.41 Å². The van der Waals surface area contributed by atoms with Gasteiger partial charge in [0.15, 0.2) is 23.9 Å². The second-order valence-electron chi connectivity index (χ2n) is 9.52. The molecule has 3 aliphatic heterocycles. The van der Waals surface area contributed by atoms with Crippen molar-refractivity contribution in [1.82, 2.24) is 0 Å². The summed E-state index contributed by atoms with van der Waals surface area (Å²) in [6.45, 7) is 4.51. The Morgan fingerprint density at radius 3 is 2.18 bits per heavy atom. The molecule has 0 aliphatic carbocycles. The minimum Gasteiger partial charge on any atom is -0.340 e. The third-order valence-corrected chi connectivity index (χ3v) is 7.14. The van der Waals surface area contributed by atoms with Crippen molar-refractivity contribution in [3.8, 4) is 11.5 Å². The van der Waals surface area contributed by atoms with Crippen molar-refractivity contribution in [3.05, 3.63) is 119 Å². The van der Waals surface area contributed by atoms with E-state index in [9.17, 15) is 0 Å². The van der Waals surface area contributed by atoms with Crippen molar-refractivity contribution in [2.24, 2.45) is 0 Å². The molecule has 7 rings (SSSR count). The van der Waals surface area contributed by atoms with Gasteiger partial charge in [-0.15, -0.1) is 0 Å². The van der Waals surface area contributed by atoms with Gasteiger partial charge in [-0.25, -0.2) is 0 Å². The molecule has 1 atom stereocenters. The van der Waals surface area contributed by atoms with Crippen LogP contribution in [-0.4, -0.2) is 27.6 Å². The Labute approximate surface area is 198 Å². The zero-order chi connectivity index (χ0) is 22.9. The average molecular weight is 445 g/mol. The van der Waals surface area contributed by atoms with Crippen LogP contribution in [0.15, 0.2) is 97.1 Å². The smallest absolute Gasteiger partial charge is 0.340 e. The van der Waals surface area contributed by atoms with Crippen LogP contribution in [-0.2, 0) is 5.41 Å². The van der Waals surface area contributed by atoms with E-state index in [0.717, 1.165) is 39.6 Å². The van der Waals surface area contributed by atoms with E-state index in [0.29, 0.717) is 0 Å². The molecule has 0 N–H and O–H groups in total. The first-order valence-corrected chi connectivity index (χ1v) is 11.6. The molecule has 4 bridgehead atoms. The standard InChI is InChI=1S/C30H24N2O2/c1-29(2)23-12-9-15-25(18-23)32-19-21-10-6-7-17-27(21)33-30(32)31(24-13-4-3-5-14-24)20-22-11-8-16-26(29)28(22)34-30/h3-20H,1-2H3/q+2. The zero-order valence-corrected chi connectivity index (χ0v) is 19.1. The molecule has 4 nitrogen and oxygen atoms in total. The van der Waals surface area contributed by atoms with Gasteiger partial charge in [0, 0.05) is 35.2 Å². The molecule has 0 amide bonds. The van der Waals surface area contributed by atoms with E-state index in [4.69, 9.17) is 9.47 Å². The lowest BCUT2D eigenvalue weighted by Gasteiger charge is -2.32. The van der Waals surface area contributed by atoms with Crippen LogP contribution >= 0.6 is 0 Å². The van der Waals surface area contributed by atoms with Crippen LogP contribution < -0.4 is 9.47 Å². The van der Waals surface area contributed by atoms with Crippen molar-refractivity contribution in [2.45, 2.75) is 25.3 Å². The topological polar surface area (TPSA) is 24.5 Å². The highest BCUT2D eigenvalue weighted by atomic mass is 16.7. The number of nitrogens with zero attached hydrogens (tertiary/aromatic N) is 2. The van der Waals surface area contributed by atoms with Crippen LogP contribution in [0.4, 0.5) is 11.4 Å². The van der Waals surface area contributed by atoms with Crippen molar-refractivity contribution < 1.29 is 18.6 Å². The van der Waals surface area contributed by atoms with E-state index in [1.807, 2.05) is 36.4 Å². The fraction of sp³-hybridized carbons (Fsp3) is 0.133. The molecule has 4 heteroatoms. The highest BCUT2D eigenvalue weighted by Crippen LogP contribution is 2.47. The second kappa shape index (κ2) is 6.67. The van der Waals surface area contributed by atoms with Gasteiger partial charge in [-0.1, -0.05) is 77.6 Å². The van der Waals surface area contributed by atoms with Crippen molar-refractivity contribution in [3.63, 3.8) is 0 Å². The van der Waals surface area contributed by atoms with Crippen LogP contribution in [0, 0.1) is 0 Å². The van der Waals surface area contributed by atoms with Gasteiger partial charge in [0.05, 0.1) is 11.1 Å². The van der Waals surface area contributed by atoms with Gasteiger partial charge in [0.25, 0.3) is 0 Å². The van der Waals surface area contributed by atoms with Crippen LogP contribution in [0.25, 0.3) is 0 Å². The predicted octanol–water partition coefficient (Wildman–Crippen LogP) is 5.95. The summed E-state index contributed by atoms with van der Waals surface area (Å²) in [5.41, 5.74) is 6.12. The molecule has 3 heterocycles. The Morgan fingerprint density at radius 2 is 1.29 bits per heavy atom.